The van der Waals surface area contributed by atoms with Crippen LogP contribution in [0.25, 0.3) is 22.0 Å². The quantitative estimate of drug-likeness (QED) is 0.365. The van der Waals surface area contributed by atoms with Crippen molar-refractivity contribution in [1.82, 2.24) is 38.9 Å². The summed E-state index contributed by atoms with van der Waals surface area (Å²) in [4.78, 5) is 40.3. The Morgan fingerprint density at radius 1 is 0.972 bits per heavy atom. The summed E-state index contributed by atoms with van der Waals surface area (Å²) in [5.74, 6) is -0.180. The first-order valence-electron chi connectivity index (χ1n) is 11.0. The van der Waals surface area contributed by atoms with E-state index in [9.17, 15) is 9.59 Å². The van der Waals surface area contributed by atoms with Gasteiger partial charge in [0.1, 0.15) is 11.5 Å². The van der Waals surface area contributed by atoms with E-state index < -0.39 is 11.8 Å². The highest BCUT2D eigenvalue weighted by atomic mass is 32.1. The molecule has 178 valence electrons. The van der Waals surface area contributed by atoms with Gasteiger partial charge in [0.2, 0.25) is 5.78 Å². The number of hydrogen-bond donors (Lipinski definition) is 2. The summed E-state index contributed by atoms with van der Waals surface area (Å²) < 4.78 is 5.03. The van der Waals surface area contributed by atoms with Crippen LogP contribution in [0.3, 0.4) is 0 Å². The van der Waals surface area contributed by atoms with E-state index in [1.807, 2.05) is 58.7 Å². The van der Waals surface area contributed by atoms with Crippen LogP contribution >= 0.6 is 11.3 Å². The monoisotopic (exact) mass is 497 g/mol. The van der Waals surface area contributed by atoms with E-state index in [1.54, 1.807) is 23.7 Å². The molecule has 0 saturated carbocycles. The van der Waals surface area contributed by atoms with E-state index in [4.69, 9.17) is 0 Å². The predicted molar refractivity (Wildman–Crippen MR) is 134 cm³/mol. The highest BCUT2D eigenvalue weighted by Gasteiger charge is 2.23. The topological polar surface area (TPSA) is 124 Å². The molecule has 1 aromatic carbocycles. The summed E-state index contributed by atoms with van der Waals surface area (Å²) in [6, 6.07) is 11.4. The van der Waals surface area contributed by atoms with Crippen molar-refractivity contribution in [2.45, 2.75) is 6.54 Å². The van der Waals surface area contributed by atoms with Crippen LogP contribution in [-0.2, 0) is 13.6 Å². The molecule has 0 aliphatic carbocycles. The lowest BCUT2D eigenvalue weighted by Gasteiger charge is -2.08. The minimum absolute atomic E-state index is 0.119. The van der Waals surface area contributed by atoms with Crippen molar-refractivity contribution in [2.24, 2.45) is 7.05 Å². The van der Waals surface area contributed by atoms with Gasteiger partial charge in [-0.3, -0.25) is 23.1 Å². The van der Waals surface area contributed by atoms with E-state index in [0.717, 1.165) is 21.9 Å². The number of nitrogens with zero attached hydrogens (tertiary/aromatic N) is 7. The zero-order chi connectivity index (χ0) is 24.6. The molecule has 0 atom stereocenters. The van der Waals surface area contributed by atoms with Crippen molar-refractivity contribution in [1.29, 1.82) is 0 Å². The van der Waals surface area contributed by atoms with Crippen molar-refractivity contribution < 1.29 is 9.59 Å². The van der Waals surface area contributed by atoms with Crippen molar-refractivity contribution in [3.8, 4) is 11.3 Å². The fourth-order valence-corrected chi connectivity index (χ4v) is 4.58. The maximum Gasteiger partial charge on any atom is 0.275 e. The zero-order valence-corrected chi connectivity index (χ0v) is 19.8. The number of anilines is 1. The summed E-state index contributed by atoms with van der Waals surface area (Å²) in [7, 11) is 1.60. The predicted octanol–water partition coefficient (Wildman–Crippen LogP) is 3.02. The Bertz CT molecular complexity index is 1700. The number of carbonyl (C=O) groups excluding carboxylic acids is 2. The minimum atomic E-state index is -0.505. The van der Waals surface area contributed by atoms with Gasteiger partial charge in [-0.25, -0.2) is 9.97 Å². The number of carbonyl (C=O) groups is 2. The molecule has 11 nitrogen and oxygen atoms in total. The van der Waals surface area contributed by atoms with Crippen LogP contribution in [0.1, 0.15) is 26.5 Å². The van der Waals surface area contributed by atoms with E-state index in [2.05, 4.69) is 30.7 Å². The lowest BCUT2D eigenvalue weighted by molar-refractivity contribution is 0.0935. The molecule has 0 saturated heterocycles. The van der Waals surface area contributed by atoms with Gasteiger partial charge in [-0.2, -0.15) is 10.1 Å². The van der Waals surface area contributed by atoms with E-state index in [-0.39, 0.29) is 17.8 Å². The molecule has 2 N–H and O–H groups in total. The Balaban J connectivity index is 1.19. The van der Waals surface area contributed by atoms with E-state index in [1.165, 1.54) is 22.2 Å². The maximum atomic E-state index is 13.1. The van der Waals surface area contributed by atoms with Crippen LogP contribution in [-0.4, -0.2) is 45.3 Å². The van der Waals surface area contributed by atoms with Gasteiger partial charge in [-0.1, -0.05) is 30.3 Å². The van der Waals surface area contributed by atoms with Crippen LogP contribution < -0.4 is 10.6 Å². The van der Waals surface area contributed by atoms with Gasteiger partial charge in [0, 0.05) is 42.8 Å². The Hall–Kier alpha value is -4.84. The molecule has 5 heterocycles. The molecule has 0 radical (unpaired) electrons. The second-order valence-electron chi connectivity index (χ2n) is 8.00. The third-order valence-electron chi connectivity index (χ3n) is 5.61. The van der Waals surface area contributed by atoms with Gasteiger partial charge in [0.05, 0.1) is 29.7 Å². The Labute approximate surface area is 208 Å². The van der Waals surface area contributed by atoms with Crippen molar-refractivity contribution >= 4 is 39.7 Å². The molecule has 12 heteroatoms. The highest BCUT2D eigenvalue weighted by molar-refractivity contribution is 7.15. The van der Waals surface area contributed by atoms with Crippen LogP contribution in [0.15, 0.2) is 72.8 Å². The van der Waals surface area contributed by atoms with Crippen molar-refractivity contribution in [3.05, 3.63) is 89.7 Å². The first-order valence-corrected chi connectivity index (χ1v) is 11.9. The minimum Gasteiger partial charge on any atom is -0.346 e. The normalized spacial score (nSPS) is 11.2. The molecule has 2 amide bonds. The zero-order valence-electron chi connectivity index (χ0n) is 19.0. The second-order valence-corrected chi connectivity index (χ2v) is 8.88. The molecule has 0 unspecified atom stereocenters. The molecule has 0 aliphatic rings. The average molecular weight is 498 g/mol. The van der Waals surface area contributed by atoms with E-state index >= 15 is 0 Å². The lowest BCUT2D eigenvalue weighted by Crippen LogP contribution is -2.27. The molecule has 0 fully saturated rings. The number of amides is 2. The molecule has 0 spiro atoms. The van der Waals surface area contributed by atoms with Crippen molar-refractivity contribution in [2.75, 3.05) is 5.32 Å². The first-order chi connectivity index (χ1) is 17.5. The number of imidazole rings is 2. The molecule has 5 aromatic heterocycles. The number of aromatic nitrogens is 7. The summed E-state index contributed by atoms with van der Waals surface area (Å²) >= 11 is 1.51. The summed E-state index contributed by atoms with van der Waals surface area (Å²) in [5.41, 5.74) is 2.74. The molecular weight excluding hydrogens is 478 g/mol. The lowest BCUT2D eigenvalue weighted by atomic mass is 10.2. The second kappa shape index (κ2) is 8.74. The maximum absolute atomic E-state index is 13.1. The molecule has 36 heavy (non-hydrogen) atoms. The number of nitrogens with one attached hydrogen (secondary N) is 2. The van der Waals surface area contributed by atoms with Gasteiger partial charge in [-0.05, 0) is 6.07 Å². The standard InChI is InChI=1S/C24H19N9O2S/c1-31-20(17(12-26-31)21(34)25-11-16-13-33-9-10-36-24(33)27-16)22(35)29-19-7-8-32-14-18(28-23(32)30-19)15-5-3-2-4-6-15/h2-10,12-14H,11H2,1H3,(H,25,34)(H,28,29,30,35). The SMILES string of the molecule is Cn1ncc(C(=O)NCc2cn3ccsc3n2)c1C(=O)Nc1ccn2cc(-c3ccccc3)nc2n1. The van der Waals surface area contributed by atoms with Crippen molar-refractivity contribution in [3.63, 3.8) is 0 Å². The van der Waals surface area contributed by atoms with Crippen LogP contribution in [0.2, 0.25) is 0 Å². The third-order valence-corrected chi connectivity index (χ3v) is 6.38. The van der Waals surface area contributed by atoms with Gasteiger partial charge < -0.3 is 10.6 Å². The molecule has 0 bridgehead atoms. The molecule has 6 aromatic rings. The van der Waals surface area contributed by atoms with E-state index in [0.29, 0.717) is 11.6 Å². The summed E-state index contributed by atoms with van der Waals surface area (Å²) in [6.07, 6.45) is 8.76. The summed E-state index contributed by atoms with van der Waals surface area (Å²) in [5, 5.41) is 11.6. The average Bonchev–Trinajstić information content (AvgIpc) is 3.65. The Morgan fingerprint density at radius 3 is 2.67 bits per heavy atom. The molecule has 0 aliphatic heterocycles. The summed E-state index contributed by atoms with van der Waals surface area (Å²) in [6.45, 7) is 0.227. The Kier molecular flexibility index (Phi) is 5.26. The third kappa shape index (κ3) is 3.99. The Morgan fingerprint density at radius 2 is 1.83 bits per heavy atom. The highest BCUT2D eigenvalue weighted by Crippen LogP contribution is 2.19. The van der Waals surface area contributed by atoms with Gasteiger partial charge in [-0.15, -0.1) is 11.3 Å². The fraction of sp³-hybridized carbons (Fsp3) is 0.0833. The number of thiazole rings is 1. The molecular formula is C24H19N9O2S. The van der Waals surface area contributed by atoms with Gasteiger partial charge >= 0.3 is 0 Å². The first kappa shape index (κ1) is 21.7. The number of benzene rings is 1. The van der Waals surface area contributed by atoms with Crippen LogP contribution in [0, 0.1) is 0 Å². The van der Waals surface area contributed by atoms with Crippen LogP contribution in [0.5, 0.6) is 0 Å². The largest absolute Gasteiger partial charge is 0.346 e. The fourth-order valence-electron chi connectivity index (χ4n) is 3.87. The van der Waals surface area contributed by atoms with Gasteiger partial charge in [0.15, 0.2) is 4.96 Å². The van der Waals surface area contributed by atoms with Crippen LogP contribution in [0.4, 0.5) is 5.82 Å². The number of aryl methyl sites for hydroxylation is 1. The van der Waals surface area contributed by atoms with Gasteiger partial charge in [0.25, 0.3) is 11.8 Å². The number of fused-ring (bicyclic) bond motifs is 2. The number of hydrogen-bond acceptors (Lipinski definition) is 7. The smallest absolute Gasteiger partial charge is 0.275 e. The number of rotatable bonds is 6. The molecule has 6 rings (SSSR count).